The first-order chi connectivity index (χ1) is 19.2. The SMILES string of the molecule is Cc1cc(-c2ccc(C3CCc4ccc([C@H](C5CC5)[C@H](C)C(=O)[O-])cc4O3)c(CN3CCCC3(C)C)c2)ccn1.[Na+]. The van der Waals surface area contributed by atoms with Gasteiger partial charge in [-0.2, -0.15) is 0 Å². The number of aryl methyl sites for hydroxylation is 2. The summed E-state index contributed by atoms with van der Waals surface area (Å²) in [5.41, 5.74) is 8.47. The van der Waals surface area contributed by atoms with Crippen molar-refractivity contribution in [1.82, 2.24) is 9.88 Å². The minimum absolute atomic E-state index is 0. The minimum Gasteiger partial charge on any atom is -0.550 e. The number of aromatic nitrogens is 1. The molecule has 3 atom stereocenters. The van der Waals surface area contributed by atoms with Crippen LogP contribution >= 0.6 is 0 Å². The molecule has 0 N–H and O–H groups in total. The van der Waals surface area contributed by atoms with Gasteiger partial charge in [0, 0.05) is 35.9 Å². The van der Waals surface area contributed by atoms with Gasteiger partial charge >= 0.3 is 29.6 Å². The van der Waals surface area contributed by atoms with Gasteiger partial charge in [-0.25, -0.2) is 0 Å². The van der Waals surface area contributed by atoms with E-state index in [0.717, 1.165) is 55.8 Å². The molecule has 41 heavy (non-hydrogen) atoms. The molecule has 210 valence electrons. The first-order valence-corrected chi connectivity index (χ1v) is 15.0. The Balaban J connectivity index is 0.00000337. The largest absolute Gasteiger partial charge is 1.00 e. The van der Waals surface area contributed by atoms with Crippen molar-refractivity contribution in [1.29, 1.82) is 0 Å². The fraction of sp³-hybridized carbons (Fsp3) is 0.486. The van der Waals surface area contributed by atoms with Gasteiger partial charge in [0.05, 0.1) is 0 Å². The molecular weight excluding hydrogens is 519 g/mol. The molecule has 6 rings (SSSR count). The molecule has 1 unspecified atom stereocenters. The summed E-state index contributed by atoms with van der Waals surface area (Å²) < 4.78 is 6.78. The second-order valence-electron chi connectivity index (χ2n) is 12.9. The fourth-order valence-corrected chi connectivity index (χ4v) is 7.01. The summed E-state index contributed by atoms with van der Waals surface area (Å²) in [6.07, 6.45) is 8.35. The molecule has 2 aliphatic heterocycles. The van der Waals surface area contributed by atoms with Crippen molar-refractivity contribution in [3.63, 3.8) is 0 Å². The van der Waals surface area contributed by atoms with E-state index in [4.69, 9.17) is 4.74 Å². The van der Waals surface area contributed by atoms with E-state index >= 15 is 0 Å². The van der Waals surface area contributed by atoms with E-state index in [1.807, 2.05) is 13.1 Å². The average molecular weight is 561 g/mol. The average Bonchev–Trinajstić information content (AvgIpc) is 3.71. The van der Waals surface area contributed by atoms with Crippen LogP contribution in [-0.4, -0.2) is 27.9 Å². The molecule has 0 bridgehead atoms. The summed E-state index contributed by atoms with van der Waals surface area (Å²) in [4.78, 5) is 18.8. The van der Waals surface area contributed by atoms with Crippen molar-refractivity contribution in [2.75, 3.05) is 6.54 Å². The van der Waals surface area contributed by atoms with E-state index in [-0.39, 0.29) is 47.1 Å². The second-order valence-corrected chi connectivity index (χ2v) is 12.9. The third-order valence-corrected chi connectivity index (χ3v) is 9.62. The van der Waals surface area contributed by atoms with Gasteiger partial charge < -0.3 is 14.6 Å². The maximum atomic E-state index is 11.8. The van der Waals surface area contributed by atoms with Gasteiger partial charge in [0.2, 0.25) is 0 Å². The smallest absolute Gasteiger partial charge is 0.550 e. The first-order valence-electron chi connectivity index (χ1n) is 15.0. The quantitative estimate of drug-likeness (QED) is 0.396. The van der Waals surface area contributed by atoms with E-state index in [9.17, 15) is 9.90 Å². The molecule has 1 aliphatic carbocycles. The maximum Gasteiger partial charge on any atom is 1.00 e. The number of fused-ring (bicyclic) bond motifs is 1. The summed E-state index contributed by atoms with van der Waals surface area (Å²) >= 11 is 0. The first kappa shape index (κ1) is 30.3. The third-order valence-electron chi connectivity index (χ3n) is 9.62. The van der Waals surface area contributed by atoms with Crippen molar-refractivity contribution >= 4 is 5.97 Å². The zero-order valence-electron chi connectivity index (χ0n) is 25.3. The van der Waals surface area contributed by atoms with Crippen LogP contribution in [-0.2, 0) is 17.8 Å². The minimum atomic E-state index is -0.965. The molecule has 0 radical (unpaired) electrons. The van der Waals surface area contributed by atoms with Crippen LogP contribution in [0.2, 0.25) is 0 Å². The zero-order valence-corrected chi connectivity index (χ0v) is 27.3. The van der Waals surface area contributed by atoms with Crippen LogP contribution in [0.25, 0.3) is 11.1 Å². The van der Waals surface area contributed by atoms with Crippen LogP contribution < -0.4 is 39.4 Å². The number of carboxylic acids is 1. The van der Waals surface area contributed by atoms with Gasteiger partial charge in [0.15, 0.2) is 0 Å². The van der Waals surface area contributed by atoms with Crippen LogP contribution in [0, 0.1) is 18.8 Å². The number of aliphatic carboxylic acids is 1. The number of hydrogen-bond donors (Lipinski definition) is 0. The Bertz CT molecular complexity index is 1420. The van der Waals surface area contributed by atoms with Crippen LogP contribution in [0.5, 0.6) is 5.75 Å². The number of hydrogen-bond acceptors (Lipinski definition) is 5. The molecule has 2 aromatic carbocycles. The number of carbonyl (C=O) groups excluding carboxylic acids is 1. The van der Waals surface area contributed by atoms with Gasteiger partial charge in [-0.1, -0.05) is 31.2 Å². The number of pyridine rings is 1. The number of carbonyl (C=O) groups is 1. The standard InChI is InChI=1S/C35H42N2O3.Na/c1-22-18-27(14-16-36-22)26-10-12-30(29(19-26)21-37-17-5-15-35(37,3)4)31-13-11-24-6-9-28(20-32(24)40-31)33(25-7-8-25)23(2)34(38)39;/h6,9-10,12,14,16,18-20,23,25,31,33H,5,7-8,11,13,15,17,21H2,1-4H3,(H,38,39);/q;+1/p-1/t23-,31?,33-;/m0./s1. The van der Waals surface area contributed by atoms with Gasteiger partial charge in [0.25, 0.3) is 0 Å². The van der Waals surface area contributed by atoms with Crippen molar-refractivity contribution in [3.05, 3.63) is 82.7 Å². The van der Waals surface area contributed by atoms with Crippen LogP contribution in [0.3, 0.4) is 0 Å². The number of carboxylic acid groups (broad SMARTS) is 1. The van der Waals surface area contributed by atoms with Crippen LogP contribution in [0.1, 0.15) is 92.8 Å². The van der Waals surface area contributed by atoms with Crippen molar-refractivity contribution in [2.24, 2.45) is 11.8 Å². The molecule has 0 amide bonds. The molecule has 0 spiro atoms. The Morgan fingerprint density at radius 1 is 1.10 bits per heavy atom. The molecule has 1 saturated heterocycles. The Morgan fingerprint density at radius 2 is 1.88 bits per heavy atom. The normalized spacial score (nSPS) is 21.3. The monoisotopic (exact) mass is 560 g/mol. The summed E-state index contributed by atoms with van der Waals surface area (Å²) in [5, 5.41) is 11.8. The Labute approximate surface area is 267 Å². The van der Waals surface area contributed by atoms with Crippen molar-refractivity contribution < 1.29 is 44.2 Å². The molecular formula is C35H41N2NaO3. The van der Waals surface area contributed by atoms with Gasteiger partial charge in [0.1, 0.15) is 11.9 Å². The Kier molecular flexibility index (Phi) is 9.01. The third kappa shape index (κ3) is 6.44. The van der Waals surface area contributed by atoms with E-state index in [0.29, 0.717) is 5.92 Å². The maximum absolute atomic E-state index is 11.8. The molecule has 3 heterocycles. The molecule has 5 nitrogen and oxygen atoms in total. The second kappa shape index (κ2) is 12.2. The number of nitrogens with zero attached hydrogens (tertiary/aromatic N) is 2. The van der Waals surface area contributed by atoms with Gasteiger partial charge in [-0.15, -0.1) is 0 Å². The summed E-state index contributed by atoms with van der Waals surface area (Å²) in [6, 6.07) is 17.5. The molecule has 6 heteroatoms. The van der Waals surface area contributed by atoms with Gasteiger partial charge in [-0.3, -0.25) is 9.88 Å². The molecule has 1 aromatic heterocycles. The molecule has 3 aromatic rings. The fourth-order valence-electron chi connectivity index (χ4n) is 7.01. The zero-order chi connectivity index (χ0) is 28.0. The van der Waals surface area contributed by atoms with Gasteiger partial charge in [-0.05, 0) is 135 Å². The number of benzene rings is 2. The van der Waals surface area contributed by atoms with E-state index in [2.05, 4.69) is 72.3 Å². The van der Waals surface area contributed by atoms with E-state index in [1.165, 1.54) is 40.7 Å². The predicted molar refractivity (Wildman–Crippen MR) is 156 cm³/mol. The molecule has 1 saturated carbocycles. The van der Waals surface area contributed by atoms with E-state index < -0.39 is 11.9 Å². The molecule has 3 aliphatic rings. The topological polar surface area (TPSA) is 65.5 Å². The number of rotatable bonds is 8. The Morgan fingerprint density at radius 3 is 2.56 bits per heavy atom. The predicted octanol–water partition coefficient (Wildman–Crippen LogP) is 3.38. The van der Waals surface area contributed by atoms with Crippen LogP contribution in [0.15, 0.2) is 54.7 Å². The number of ether oxygens (including phenoxy) is 1. The van der Waals surface area contributed by atoms with E-state index in [1.54, 1.807) is 6.92 Å². The van der Waals surface area contributed by atoms with Crippen molar-refractivity contribution in [3.8, 4) is 16.9 Å². The summed E-state index contributed by atoms with van der Waals surface area (Å²) in [6.45, 7) is 10.6. The Hall–Kier alpha value is -2.18. The number of likely N-dealkylation sites (tertiary alicyclic amines) is 1. The summed E-state index contributed by atoms with van der Waals surface area (Å²) in [7, 11) is 0. The summed E-state index contributed by atoms with van der Waals surface area (Å²) in [5.74, 6) is -0.163. The molecule has 2 fully saturated rings. The van der Waals surface area contributed by atoms with Crippen LogP contribution in [0.4, 0.5) is 0 Å². The van der Waals surface area contributed by atoms with Crippen molar-refractivity contribution in [2.45, 2.75) is 90.3 Å².